The second-order valence-corrected chi connectivity index (χ2v) is 20.4. The monoisotopic (exact) mass is 1040 g/mol. The number of amides is 2. The van der Waals surface area contributed by atoms with Crippen molar-refractivity contribution < 1.29 is 38.9 Å². The van der Waals surface area contributed by atoms with Gasteiger partial charge in [0.15, 0.2) is 30.4 Å². The molecule has 2 aliphatic heterocycles. The van der Waals surface area contributed by atoms with E-state index in [0.717, 1.165) is 135 Å². The Bertz CT molecular complexity index is 2740. The average molecular weight is 1040 g/mol. The molecule has 386 valence electrons. The number of aldehydes is 3. The molecular weight excluding hydrogens is 974 g/mol. The first-order valence-electron chi connectivity index (χ1n) is 24.0. The van der Waals surface area contributed by atoms with Crippen molar-refractivity contribution in [1.82, 2.24) is 19.2 Å². The highest BCUT2D eigenvalue weighted by molar-refractivity contribution is 7.96. The van der Waals surface area contributed by atoms with E-state index in [0.29, 0.717) is 41.0 Å². The van der Waals surface area contributed by atoms with Gasteiger partial charge in [-0.25, -0.2) is 8.82 Å². The van der Waals surface area contributed by atoms with E-state index in [1.807, 2.05) is 40.7 Å². The van der Waals surface area contributed by atoms with Crippen LogP contribution in [-0.2, 0) is 20.1 Å². The Morgan fingerprint density at radius 3 is 2.33 bits per heavy atom. The Balaban J connectivity index is 0.000000996. The smallest absolute Gasteiger partial charge is 0.213 e. The summed E-state index contributed by atoms with van der Waals surface area (Å²) in [6.45, 7) is 11.8. The van der Waals surface area contributed by atoms with Crippen LogP contribution < -0.4 is 25.2 Å². The molecule has 0 spiro atoms. The quantitative estimate of drug-likeness (QED) is 0.0444. The van der Waals surface area contributed by atoms with E-state index in [1.165, 1.54) is 27.8 Å². The van der Waals surface area contributed by atoms with E-state index in [9.17, 15) is 14.4 Å². The van der Waals surface area contributed by atoms with Crippen LogP contribution in [0.25, 0.3) is 26.7 Å². The van der Waals surface area contributed by atoms with Crippen molar-refractivity contribution in [2.75, 3.05) is 62.6 Å². The predicted octanol–water partition coefficient (Wildman–Crippen LogP) is 9.69. The Morgan fingerprint density at radius 1 is 0.944 bits per heavy atom. The first kappa shape index (κ1) is 57.1. The van der Waals surface area contributed by atoms with Gasteiger partial charge in [0.2, 0.25) is 12.8 Å². The fourth-order valence-corrected chi connectivity index (χ4v) is 12.1. The normalized spacial score (nSPS) is 15.9. The van der Waals surface area contributed by atoms with Gasteiger partial charge in [-0.15, -0.1) is 11.3 Å². The molecule has 2 amide bonds. The first-order chi connectivity index (χ1) is 34.9. The topological polar surface area (TPSA) is 186 Å². The highest BCUT2D eigenvalue weighted by Crippen LogP contribution is 2.46. The van der Waals surface area contributed by atoms with Crippen molar-refractivity contribution in [3.05, 3.63) is 106 Å². The van der Waals surface area contributed by atoms with Crippen molar-refractivity contribution in [3.8, 4) is 16.2 Å². The number of hydrogen-bond acceptors (Lipinski definition) is 15. The van der Waals surface area contributed by atoms with Gasteiger partial charge in [0, 0.05) is 98.9 Å². The summed E-state index contributed by atoms with van der Waals surface area (Å²) < 4.78 is 10.0. The number of nitrogens with zero attached hydrogens (tertiary/aromatic N) is 5. The second-order valence-electron chi connectivity index (χ2n) is 18.0. The number of aromatic nitrogens is 2. The number of anilines is 3. The summed E-state index contributed by atoms with van der Waals surface area (Å²) >= 11 is 9.81. The Morgan fingerprint density at radius 2 is 1.68 bits per heavy atom. The molecule has 5 heterocycles. The molecule has 2 aliphatic rings. The van der Waals surface area contributed by atoms with Gasteiger partial charge in [0.25, 0.3) is 0 Å². The molecule has 2 saturated heterocycles. The van der Waals surface area contributed by atoms with Gasteiger partial charge in [-0.1, -0.05) is 73.3 Å². The molecule has 2 fully saturated rings. The molecule has 3 aromatic heterocycles. The number of pyridine rings is 1. The van der Waals surface area contributed by atoms with Gasteiger partial charge < -0.3 is 35.4 Å². The number of imide groups is 1. The SMILES string of the molecule is CCCC(C)N(C)c1ccc(C2CCN(c3cc4cc(CSN5CCC(Nc6cccc(-c7sc(C=O)c(OCC=O)c7Cl)c6)CC5(C)C)ccn4n3)CC2)c2cccc(C=O)c12.CO.CO.O=CNC=O. The van der Waals surface area contributed by atoms with Crippen LogP contribution >= 0.6 is 34.9 Å². The number of ether oxygens (including phenoxy) is 1. The van der Waals surface area contributed by atoms with E-state index in [1.54, 1.807) is 5.32 Å². The molecule has 6 aromatic rings. The lowest BCUT2D eigenvalue weighted by Crippen LogP contribution is -2.49. The molecule has 8 rings (SSSR count). The van der Waals surface area contributed by atoms with Crippen molar-refractivity contribution >= 4 is 100 Å². The van der Waals surface area contributed by atoms with Gasteiger partial charge in [0.05, 0.1) is 10.4 Å². The number of fused-ring (bicyclic) bond motifs is 2. The van der Waals surface area contributed by atoms with Crippen molar-refractivity contribution in [3.63, 3.8) is 0 Å². The lowest BCUT2D eigenvalue weighted by Gasteiger charge is -2.45. The molecule has 0 bridgehead atoms. The van der Waals surface area contributed by atoms with Crippen LogP contribution in [0.2, 0.25) is 5.02 Å². The van der Waals surface area contributed by atoms with Crippen LogP contribution in [0, 0.1) is 0 Å². The number of benzene rings is 3. The minimum absolute atomic E-state index is 0.0341. The number of hydrogen-bond donors (Lipinski definition) is 4. The summed E-state index contributed by atoms with van der Waals surface area (Å²) in [4.78, 5) is 58.9. The van der Waals surface area contributed by atoms with Crippen molar-refractivity contribution in [1.29, 1.82) is 0 Å². The van der Waals surface area contributed by atoms with Gasteiger partial charge in [-0.05, 0) is 111 Å². The Hall–Kier alpha value is -5.82. The van der Waals surface area contributed by atoms with E-state index in [4.69, 9.17) is 41.2 Å². The van der Waals surface area contributed by atoms with Gasteiger partial charge >= 0.3 is 0 Å². The average Bonchev–Trinajstić information content (AvgIpc) is 3.98. The summed E-state index contributed by atoms with van der Waals surface area (Å²) in [6.07, 6.45) is 11.3. The zero-order chi connectivity index (χ0) is 52.4. The van der Waals surface area contributed by atoms with E-state index >= 15 is 0 Å². The number of carbonyl (C=O) groups is 5. The van der Waals surface area contributed by atoms with Crippen molar-refractivity contribution in [2.24, 2.45) is 0 Å². The fraction of sp³-hybridized carbons (Fsp3) is 0.407. The molecule has 3 aromatic carbocycles. The van der Waals surface area contributed by atoms with E-state index in [-0.39, 0.29) is 23.9 Å². The predicted molar refractivity (Wildman–Crippen MR) is 293 cm³/mol. The standard InChI is InChI=1S/C50H57ClN6O4S2.C2H3NO2.2CH4O/c1-6-9-33(2)54(5)43-15-14-41(42-13-8-11-37(30-59)46(42)43)35-17-20-55(21-18-35)45-28-40-26-34(16-22-56(40)53-45)32-62-57-23-19-39(29-50(57,3)4)52-38-12-7-10-36(27-38)49-47(51)48(61-25-24-58)44(31-60)63-49;4-1-3-2-5;2*1-2/h7-8,10-16,22,24,26-28,30-31,33,35,39,52H,6,9,17-21,23,25,29,32H2,1-5H3;1-2H,(H,3,4,5);2*2H,1H3. The van der Waals surface area contributed by atoms with E-state index in [2.05, 4.69) is 109 Å². The third-order valence-corrected chi connectivity index (χ3v) is 16.2. The molecule has 0 aliphatic carbocycles. The highest BCUT2D eigenvalue weighted by atomic mass is 35.5. The van der Waals surface area contributed by atoms with Crippen LogP contribution in [0.4, 0.5) is 17.2 Å². The number of carbonyl (C=O) groups excluding carboxylic acids is 5. The zero-order valence-electron chi connectivity index (χ0n) is 42.2. The number of rotatable bonds is 19. The third kappa shape index (κ3) is 13.8. The molecule has 15 nitrogen and oxygen atoms in total. The Labute approximate surface area is 436 Å². The van der Waals surface area contributed by atoms with Crippen molar-refractivity contribution in [2.45, 2.75) is 95.5 Å². The maximum atomic E-state index is 12.3. The maximum Gasteiger partial charge on any atom is 0.213 e. The zero-order valence-corrected chi connectivity index (χ0v) is 44.6. The Kier molecular flexibility index (Phi) is 22.1. The van der Waals surface area contributed by atoms with E-state index < -0.39 is 0 Å². The third-order valence-electron chi connectivity index (χ3n) is 13.1. The molecule has 18 heteroatoms. The summed E-state index contributed by atoms with van der Waals surface area (Å²) in [6, 6.07) is 26.2. The number of aliphatic hydroxyl groups excluding tert-OH is 2. The lowest BCUT2D eigenvalue weighted by molar-refractivity contribution is -0.117. The van der Waals surface area contributed by atoms with Gasteiger partial charge in [-0.3, -0.25) is 24.0 Å². The van der Waals surface area contributed by atoms with Crippen LogP contribution in [0.15, 0.2) is 79.0 Å². The number of thiophene rings is 1. The first-order valence-corrected chi connectivity index (χ1v) is 26.2. The van der Waals surface area contributed by atoms with Crippen LogP contribution in [0.3, 0.4) is 0 Å². The summed E-state index contributed by atoms with van der Waals surface area (Å²) in [5.41, 5.74) is 7.47. The number of piperidine rings is 2. The summed E-state index contributed by atoms with van der Waals surface area (Å²) in [5, 5.41) is 27.2. The summed E-state index contributed by atoms with van der Waals surface area (Å²) in [5.74, 6) is 2.57. The minimum Gasteiger partial charge on any atom is -0.483 e. The molecule has 2 atom stereocenters. The molecule has 4 N–H and O–H groups in total. The lowest BCUT2D eigenvalue weighted by atomic mass is 9.85. The summed E-state index contributed by atoms with van der Waals surface area (Å²) in [7, 11) is 4.16. The molecular formula is C54H68ClN7O8S2. The van der Waals surface area contributed by atoms with Crippen LogP contribution in [0.1, 0.15) is 103 Å². The fourth-order valence-electron chi connectivity index (χ4n) is 9.57. The highest BCUT2D eigenvalue weighted by Gasteiger charge is 2.35. The number of aliphatic hydroxyl groups is 2. The number of halogens is 1. The molecule has 0 radical (unpaired) electrons. The maximum absolute atomic E-state index is 12.3. The number of nitrogens with one attached hydrogen (secondary N) is 2. The van der Waals surface area contributed by atoms with Gasteiger partial charge in [-0.2, -0.15) is 5.10 Å². The van der Waals surface area contributed by atoms with Crippen LogP contribution in [-0.4, -0.2) is 121 Å². The second kappa shape index (κ2) is 27.9. The molecule has 0 saturated carbocycles. The molecule has 72 heavy (non-hydrogen) atoms. The van der Waals surface area contributed by atoms with Crippen LogP contribution in [0.5, 0.6) is 5.75 Å². The largest absolute Gasteiger partial charge is 0.483 e. The minimum atomic E-state index is -0.161. The van der Waals surface area contributed by atoms with Gasteiger partial charge in [0.1, 0.15) is 16.5 Å². The molecule has 2 unspecified atom stereocenters.